The average Bonchev–Trinajstić information content (AvgIpc) is 3.57. The zero-order valence-corrected chi connectivity index (χ0v) is 20.0. The van der Waals surface area contributed by atoms with E-state index in [9.17, 15) is 13.2 Å². The van der Waals surface area contributed by atoms with Crippen molar-refractivity contribution in [2.24, 2.45) is 5.41 Å². The minimum Gasteiger partial charge on any atom is -0.493 e. The van der Waals surface area contributed by atoms with Crippen LogP contribution in [-0.4, -0.2) is 41.9 Å². The van der Waals surface area contributed by atoms with Crippen LogP contribution in [0.2, 0.25) is 0 Å². The van der Waals surface area contributed by atoms with Crippen LogP contribution >= 0.6 is 0 Å². The van der Waals surface area contributed by atoms with Gasteiger partial charge in [0.2, 0.25) is 0 Å². The number of aryl methyl sites for hydroxylation is 1. The van der Waals surface area contributed by atoms with Crippen LogP contribution in [0.3, 0.4) is 0 Å². The minimum atomic E-state index is -4.59. The number of methoxy groups -OCH3 is 2. The van der Waals surface area contributed by atoms with Crippen molar-refractivity contribution < 1.29 is 27.4 Å². The molecule has 1 fully saturated rings. The van der Waals surface area contributed by atoms with Crippen molar-refractivity contribution in [1.82, 2.24) is 15.0 Å². The van der Waals surface area contributed by atoms with Crippen molar-refractivity contribution in [3.63, 3.8) is 0 Å². The Morgan fingerprint density at radius 2 is 1.83 bits per heavy atom. The lowest BCUT2D eigenvalue weighted by atomic mass is 10.0. The fourth-order valence-corrected chi connectivity index (χ4v) is 4.11. The molecule has 0 saturated heterocycles. The molecule has 0 bridgehead atoms. The summed E-state index contributed by atoms with van der Waals surface area (Å²) in [6, 6.07) is 5.91. The average molecular weight is 492 g/mol. The maximum atomic E-state index is 13.1. The van der Waals surface area contributed by atoms with Gasteiger partial charge < -0.3 is 25.3 Å². The molecule has 2 aromatic heterocycles. The Hall–Kier alpha value is -3.34. The van der Waals surface area contributed by atoms with Gasteiger partial charge in [-0.2, -0.15) is 13.2 Å². The van der Waals surface area contributed by atoms with Gasteiger partial charge in [0, 0.05) is 30.5 Å². The van der Waals surface area contributed by atoms with Gasteiger partial charge in [-0.3, -0.25) is 0 Å². The zero-order chi connectivity index (χ0) is 25.4. The van der Waals surface area contributed by atoms with Crippen LogP contribution in [0.25, 0.3) is 10.9 Å². The number of fused-ring (bicyclic) bond motifs is 1. The molecular weight excluding hydrogens is 463 g/mol. The summed E-state index contributed by atoms with van der Waals surface area (Å²) < 4.78 is 56.6. The highest BCUT2D eigenvalue weighted by molar-refractivity contribution is 5.91. The monoisotopic (exact) mass is 491 g/mol. The lowest BCUT2D eigenvalue weighted by Crippen LogP contribution is -2.29. The highest BCUT2D eigenvalue weighted by atomic mass is 19.4. The fraction of sp³-hybridized carbons (Fsp3) is 0.458. The molecule has 35 heavy (non-hydrogen) atoms. The van der Waals surface area contributed by atoms with Crippen molar-refractivity contribution in [2.75, 3.05) is 31.9 Å². The molecule has 4 rings (SSSR count). The van der Waals surface area contributed by atoms with E-state index in [1.54, 1.807) is 33.3 Å². The molecule has 1 unspecified atom stereocenters. The SMILES string of the molecule is COCC1(C(C)Oc2cc3c(NCc4cc(N)nc(C(F)(F)F)c4)nc(C)nc3cc2OC)CC1. The second kappa shape index (κ2) is 9.37. The maximum absolute atomic E-state index is 13.1. The minimum absolute atomic E-state index is 0.0307. The molecule has 3 aromatic rings. The lowest BCUT2D eigenvalue weighted by Gasteiger charge is -2.25. The first-order chi connectivity index (χ1) is 16.5. The number of nitrogens with one attached hydrogen (secondary N) is 1. The Morgan fingerprint density at radius 1 is 1.09 bits per heavy atom. The molecule has 0 aliphatic heterocycles. The fourth-order valence-electron chi connectivity index (χ4n) is 4.11. The van der Waals surface area contributed by atoms with Crippen LogP contribution in [0.4, 0.5) is 24.8 Å². The van der Waals surface area contributed by atoms with E-state index in [0.717, 1.165) is 18.9 Å². The highest BCUT2D eigenvalue weighted by Gasteiger charge is 2.49. The van der Waals surface area contributed by atoms with E-state index in [1.807, 2.05) is 6.92 Å². The number of alkyl halides is 3. The molecule has 0 amide bonds. The zero-order valence-electron chi connectivity index (χ0n) is 20.0. The van der Waals surface area contributed by atoms with Crippen molar-refractivity contribution in [3.8, 4) is 11.5 Å². The summed E-state index contributed by atoms with van der Waals surface area (Å²) in [7, 11) is 3.23. The summed E-state index contributed by atoms with van der Waals surface area (Å²) in [4.78, 5) is 12.3. The van der Waals surface area contributed by atoms with Gasteiger partial charge in [0.1, 0.15) is 29.3 Å². The summed E-state index contributed by atoms with van der Waals surface area (Å²) in [5.41, 5.74) is 5.45. The molecule has 2 heterocycles. The third-order valence-electron chi connectivity index (χ3n) is 6.24. The Bertz CT molecular complexity index is 1230. The van der Waals surface area contributed by atoms with Gasteiger partial charge in [0.25, 0.3) is 0 Å². The van der Waals surface area contributed by atoms with Crippen LogP contribution in [0.5, 0.6) is 11.5 Å². The van der Waals surface area contributed by atoms with E-state index in [-0.39, 0.29) is 23.9 Å². The van der Waals surface area contributed by atoms with Crippen molar-refractivity contribution in [3.05, 3.63) is 41.3 Å². The summed E-state index contributed by atoms with van der Waals surface area (Å²) in [5.74, 6) is 1.79. The number of halogens is 3. The molecule has 1 aliphatic rings. The quantitative estimate of drug-likeness (QED) is 0.442. The molecular formula is C24H28F3N5O3. The predicted molar refractivity (Wildman–Crippen MR) is 125 cm³/mol. The molecule has 1 saturated carbocycles. The van der Waals surface area contributed by atoms with Crippen molar-refractivity contribution in [2.45, 2.75) is 45.5 Å². The number of hydrogen-bond donors (Lipinski definition) is 2. The Labute approximate surface area is 201 Å². The second-order valence-corrected chi connectivity index (χ2v) is 8.83. The molecule has 0 radical (unpaired) electrons. The maximum Gasteiger partial charge on any atom is 0.433 e. The largest absolute Gasteiger partial charge is 0.493 e. The molecule has 0 spiro atoms. The summed E-state index contributed by atoms with van der Waals surface area (Å²) in [6.07, 6.45) is -2.68. The van der Waals surface area contributed by atoms with Crippen molar-refractivity contribution >= 4 is 22.5 Å². The van der Waals surface area contributed by atoms with Crippen LogP contribution in [0.1, 0.15) is 36.8 Å². The van der Waals surface area contributed by atoms with E-state index in [4.69, 9.17) is 19.9 Å². The van der Waals surface area contributed by atoms with E-state index in [2.05, 4.69) is 20.3 Å². The van der Waals surface area contributed by atoms with E-state index in [0.29, 0.717) is 46.2 Å². The number of hydrogen-bond acceptors (Lipinski definition) is 8. The van der Waals surface area contributed by atoms with Crippen LogP contribution in [-0.2, 0) is 17.5 Å². The highest BCUT2D eigenvalue weighted by Crippen LogP contribution is 2.50. The Balaban J connectivity index is 1.66. The van der Waals surface area contributed by atoms with Crippen LogP contribution in [0.15, 0.2) is 24.3 Å². The molecule has 1 aromatic carbocycles. The molecule has 3 N–H and O–H groups in total. The number of nitrogens with zero attached hydrogens (tertiary/aromatic N) is 3. The molecule has 11 heteroatoms. The summed E-state index contributed by atoms with van der Waals surface area (Å²) in [6.45, 7) is 4.40. The first kappa shape index (κ1) is 24.8. The van der Waals surface area contributed by atoms with Gasteiger partial charge in [0.05, 0.1) is 19.2 Å². The number of nitrogens with two attached hydrogens (primary N) is 1. The topological polar surface area (TPSA) is 104 Å². The first-order valence-corrected chi connectivity index (χ1v) is 11.1. The van der Waals surface area contributed by atoms with Gasteiger partial charge >= 0.3 is 6.18 Å². The van der Waals surface area contributed by atoms with E-state index >= 15 is 0 Å². The van der Waals surface area contributed by atoms with Gasteiger partial charge in [0.15, 0.2) is 11.5 Å². The van der Waals surface area contributed by atoms with Gasteiger partial charge in [-0.15, -0.1) is 0 Å². The number of benzene rings is 1. The number of pyridine rings is 1. The number of rotatable bonds is 9. The summed E-state index contributed by atoms with van der Waals surface area (Å²) >= 11 is 0. The summed E-state index contributed by atoms with van der Waals surface area (Å²) in [5, 5.41) is 3.76. The number of anilines is 2. The third-order valence-corrected chi connectivity index (χ3v) is 6.24. The molecule has 1 atom stereocenters. The number of aromatic nitrogens is 3. The Morgan fingerprint density at radius 3 is 2.46 bits per heavy atom. The number of ether oxygens (including phenoxy) is 3. The van der Waals surface area contributed by atoms with Crippen LogP contribution < -0.4 is 20.5 Å². The first-order valence-electron chi connectivity index (χ1n) is 11.1. The molecule has 188 valence electrons. The van der Waals surface area contributed by atoms with Gasteiger partial charge in [-0.1, -0.05) is 0 Å². The van der Waals surface area contributed by atoms with Crippen molar-refractivity contribution in [1.29, 1.82) is 0 Å². The second-order valence-electron chi connectivity index (χ2n) is 8.83. The normalized spacial score (nSPS) is 15.6. The van der Waals surface area contributed by atoms with Gasteiger partial charge in [-0.25, -0.2) is 15.0 Å². The third kappa shape index (κ3) is 5.34. The Kier molecular flexibility index (Phi) is 6.63. The van der Waals surface area contributed by atoms with Gasteiger partial charge in [-0.05, 0) is 50.5 Å². The predicted octanol–water partition coefficient (Wildman–Crippen LogP) is 4.75. The molecule has 8 nitrogen and oxygen atoms in total. The standard InChI is InChI=1S/C24H28F3N5O3/c1-13(23(5-6-23)12-33-3)35-19-9-16-17(10-18(19)34-4)30-14(2)31-22(16)29-11-15-7-20(24(25,26)27)32-21(28)8-15/h7-10,13H,5-6,11-12H2,1-4H3,(H2,28,32)(H,29,30,31). The lowest BCUT2D eigenvalue weighted by molar-refractivity contribution is -0.141. The van der Waals surface area contributed by atoms with E-state index in [1.165, 1.54) is 6.07 Å². The van der Waals surface area contributed by atoms with E-state index < -0.39 is 11.9 Å². The smallest absolute Gasteiger partial charge is 0.433 e. The number of nitrogen functional groups attached to an aromatic ring is 1. The molecule has 1 aliphatic carbocycles. The van der Waals surface area contributed by atoms with Crippen LogP contribution in [0, 0.1) is 12.3 Å².